The fourth-order valence-corrected chi connectivity index (χ4v) is 2.07. The molecule has 0 bridgehead atoms. The predicted molar refractivity (Wildman–Crippen MR) is 81.4 cm³/mol. The number of alkyl halides is 2. The summed E-state index contributed by atoms with van der Waals surface area (Å²) in [6.07, 6.45) is 1.36. The molecule has 0 aliphatic carbocycles. The second-order valence-electron chi connectivity index (χ2n) is 4.58. The van der Waals surface area contributed by atoms with E-state index < -0.39 is 6.61 Å². The Morgan fingerprint density at radius 3 is 2.46 bits per heavy atom. The number of hydrogen-bond acceptors (Lipinski definition) is 5. The van der Waals surface area contributed by atoms with Gasteiger partial charge in [0, 0.05) is 18.7 Å². The molecule has 0 atom stereocenters. The van der Waals surface area contributed by atoms with Gasteiger partial charge in [0.25, 0.3) is 0 Å². The van der Waals surface area contributed by atoms with Gasteiger partial charge in [-0.1, -0.05) is 0 Å². The van der Waals surface area contributed by atoms with Gasteiger partial charge in [-0.15, -0.1) is 0 Å². The molecule has 2 rings (SSSR count). The van der Waals surface area contributed by atoms with E-state index in [1.807, 2.05) is 6.07 Å². The topological polar surface area (TPSA) is 75.5 Å². The average molecular weight is 333 g/mol. The van der Waals surface area contributed by atoms with Crippen LogP contribution in [-0.2, 0) is 4.79 Å². The minimum atomic E-state index is -2.94. The van der Waals surface area contributed by atoms with Crippen molar-refractivity contribution in [1.29, 1.82) is 5.26 Å². The number of methoxy groups -OCH3 is 1. The number of hydrogen-bond donors (Lipinski definition) is 0. The molecular weight excluding hydrogens is 320 g/mol. The van der Waals surface area contributed by atoms with Gasteiger partial charge in [0.05, 0.1) is 19.0 Å². The van der Waals surface area contributed by atoms with Crippen LogP contribution in [0.1, 0.15) is 12.6 Å². The van der Waals surface area contributed by atoms with Gasteiger partial charge in [-0.2, -0.15) is 14.0 Å². The first-order valence-corrected chi connectivity index (χ1v) is 6.76. The number of anilines is 2. The highest BCUT2D eigenvalue weighted by molar-refractivity contribution is 6.00. The molecule has 0 spiro atoms. The minimum absolute atomic E-state index is 0.0268. The molecule has 0 aliphatic rings. The summed E-state index contributed by atoms with van der Waals surface area (Å²) >= 11 is 0. The molecule has 1 aromatic heterocycles. The predicted octanol–water partition coefficient (Wildman–Crippen LogP) is 3.25. The number of aromatic nitrogens is 1. The van der Waals surface area contributed by atoms with Gasteiger partial charge in [0.15, 0.2) is 5.69 Å². The number of carbonyl (C=O) groups excluding carboxylic acids is 1. The summed E-state index contributed by atoms with van der Waals surface area (Å²) in [4.78, 5) is 17.3. The number of nitrogens with zero attached hydrogens (tertiary/aromatic N) is 3. The second-order valence-corrected chi connectivity index (χ2v) is 4.58. The maximum absolute atomic E-state index is 12.2. The fourth-order valence-electron chi connectivity index (χ4n) is 2.07. The first-order chi connectivity index (χ1) is 11.5. The summed E-state index contributed by atoms with van der Waals surface area (Å²) in [5.74, 6) is -0.0569. The van der Waals surface area contributed by atoms with Gasteiger partial charge in [-0.25, -0.2) is 4.98 Å². The molecule has 0 saturated carbocycles. The Hall–Kier alpha value is -3.21. The number of halogens is 2. The molecule has 0 unspecified atom stereocenters. The van der Waals surface area contributed by atoms with Crippen molar-refractivity contribution in [3.63, 3.8) is 0 Å². The third-order valence-electron chi connectivity index (χ3n) is 3.06. The van der Waals surface area contributed by atoms with E-state index in [2.05, 4.69) is 9.72 Å². The molecule has 0 radical (unpaired) electrons. The van der Waals surface area contributed by atoms with Crippen molar-refractivity contribution in [1.82, 2.24) is 4.98 Å². The molecule has 1 amide bonds. The lowest BCUT2D eigenvalue weighted by Gasteiger charge is -2.22. The highest BCUT2D eigenvalue weighted by Crippen LogP contribution is 2.31. The summed E-state index contributed by atoms with van der Waals surface area (Å²) in [5.41, 5.74) is 0.626. The van der Waals surface area contributed by atoms with Crippen LogP contribution in [0.3, 0.4) is 0 Å². The van der Waals surface area contributed by atoms with E-state index in [1.165, 1.54) is 55.5 Å². The molecule has 6 nitrogen and oxygen atoms in total. The molecule has 0 fully saturated rings. The van der Waals surface area contributed by atoms with E-state index in [4.69, 9.17) is 4.74 Å². The van der Waals surface area contributed by atoms with Crippen molar-refractivity contribution in [2.24, 2.45) is 0 Å². The Morgan fingerprint density at radius 1 is 1.29 bits per heavy atom. The summed E-state index contributed by atoms with van der Waals surface area (Å²) in [5, 5.41) is 9.21. The maximum Gasteiger partial charge on any atom is 0.387 e. The van der Waals surface area contributed by atoms with Crippen molar-refractivity contribution in [3.05, 3.63) is 42.2 Å². The molecule has 0 N–H and O–H groups in total. The van der Waals surface area contributed by atoms with E-state index in [-0.39, 0.29) is 23.0 Å². The minimum Gasteiger partial charge on any atom is -0.495 e. The Balaban J connectivity index is 2.47. The lowest BCUT2D eigenvalue weighted by Crippen LogP contribution is -2.24. The first kappa shape index (κ1) is 17.1. The van der Waals surface area contributed by atoms with Gasteiger partial charge >= 0.3 is 6.61 Å². The number of nitriles is 1. The van der Waals surface area contributed by atoms with Crippen LogP contribution in [0.25, 0.3) is 0 Å². The molecular formula is C16H13F2N3O3. The smallest absolute Gasteiger partial charge is 0.387 e. The number of carbonyl (C=O) groups is 1. The Kier molecular flexibility index (Phi) is 5.27. The lowest BCUT2D eigenvalue weighted by molar-refractivity contribution is -0.115. The maximum atomic E-state index is 12.2. The van der Waals surface area contributed by atoms with Crippen LogP contribution in [0.5, 0.6) is 11.5 Å². The standard InChI is InChI=1S/C16H13F2N3O3/c1-10(22)21(11-3-5-12(6-4-11)24-16(17)18)15-7-13(23-2)9-20-14(15)8-19/h3-7,9,16H,1-2H3. The van der Waals surface area contributed by atoms with Crippen molar-refractivity contribution in [3.8, 4) is 17.6 Å². The first-order valence-electron chi connectivity index (χ1n) is 6.76. The normalized spacial score (nSPS) is 10.2. The summed E-state index contributed by atoms with van der Waals surface area (Å²) in [6, 6.07) is 8.87. The Labute approximate surface area is 136 Å². The van der Waals surface area contributed by atoms with Crippen molar-refractivity contribution in [2.45, 2.75) is 13.5 Å². The number of benzene rings is 1. The largest absolute Gasteiger partial charge is 0.495 e. The molecule has 8 heteroatoms. The molecule has 0 saturated heterocycles. The third-order valence-corrected chi connectivity index (χ3v) is 3.06. The van der Waals surface area contributed by atoms with Gasteiger partial charge < -0.3 is 9.47 Å². The van der Waals surface area contributed by atoms with Gasteiger partial charge in [-0.3, -0.25) is 9.69 Å². The summed E-state index contributed by atoms with van der Waals surface area (Å²) < 4.78 is 33.8. The quantitative estimate of drug-likeness (QED) is 0.839. The fraction of sp³-hybridized carbons (Fsp3) is 0.188. The van der Waals surface area contributed by atoms with Crippen molar-refractivity contribution < 1.29 is 23.0 Å². The van der Waals surface area contributed by atoms with E-state index in [0.29, 0.717) is 11.4 Å². The molecule has 1 aromatic carbocycles. The van der Waals surface area contributed by atoms with Crippen LogP contribution in [0.4, 0.5) is 20.2 Å². The average Bonchev–Trinajstić information content (AvgIpc) is 2.55. The summed E-state index contributed by atoms with van der Waals surface area (Å²) in [6.45, 7) is -1.63. The van der Waals surface area contributed by atoms with Gasteiger partial charge in [0.1, 0.15) is 17.6 Å². The Morgan fingerprint density at radius 2 is 1.96 bits per heavy atom. The van der Waals surface area contributed by atoms with E-state index >= 15 is 0 Å². The SMILES string of the molecule is COc1cnc(C#N)c(N(C(C)=O)c2ccc(OC(F)F)cc2)c1. The van der Waals surface area contributed by atoms with Crippen LogP contribution >= 0.6 is 0 Å². The highest BCUT2D eigenvalue weighted by Gasteiger charge is 2.20. The third kappa shape index (κ3) is 3.76. The number of rotatable bonds is 5. The zero-order valence-electron chi connectivity index (χ0n) is 12.9. The van der Waals surface area contributed by atoms with Crippen molar-refractivity contribution >= 4 is 17.3 Å². The van der Waals surface area contributed by atoms with Gasteiger partial charge in [0.2, 0.25) is 5.91 Å². The zero-order chi connectivity index (χ0) is 17.7. The van der Waals surface area contributed by atoms with Crippen molar-refractivity contribution in [2.75, 3.05) is 12.0 Å². The van der Waals surface area contributed by atoms with E-state index in [0.717, 1.165) is 0 Å². The molecule has 1 heterocycles. The number of amides is 1. The van der Waals surface area contributed by atoms with E-state index in [1.54, 1.807) is 0 Å². The Bertz CT molecular complexity index is 773. The highest BCUT2D eigenvalue weighted by atomic mass is 19.3. The summed E-state index contributed by atoms with van der Waals surface area (Å²) in [7, 11) is 1.43. The van der Waals surface area contributed by atoms with Crippen LogP contribution in [-0.4, -0.2) is 24.6 Å². The lowest BCUT2D eigenvalue weighted by atomic mass is 10.2. The van der Waals surface area contributed by atoms with Crippen LogP contribution in [0.2, 0.25) is 0 Å². The van der Waals surface area contributed by atoms with Crippen LogP contribution in [0.15, 0.2) is 36.5 Å². The second kappa shape index (κ2) is 7.37. The van der Waals surface area contributed by atoms with Crippen LogP contribution < -0.4 is 14.4 Å². The number of pyridine rings is 1. The monoisotopic (exact) mass is 333 g/mol. The zero-order valence-corrected chi connectivity index (χ0v) is 12.9. The van der Waals surface area contributed by atoms with Crippen LogP contribution in [0, 0.1) is 11.3 Å². The van der Waals surface area contributed by atoms with E-state index in [9.17, 15) is 18.8 Å². The molecule has 24 heavy (non-hydrogen) atoms. The number of ether oxygens (including phenoxy) is 2. The molecule has 124 valence electrons. The molecule has 2 aromatic rings. The van der Waals surface area contributed by atoms with Gasteiger partial charge in [-0.05, 0) is 24.3 Å². The molecule has 0 aliphatic heterocycles.